The predicted octanol–water partition coefficient (Wildman–Crippen LogP) is 2.89. The Kier molecular flexibility index (Phi) is 3.52. The molecule has 0 unspecified atom stereocenters. The first kappa shape index (κ1) is 12.9. The van der Waals surface area contributed by atoms with Gasteiger partial charge < -0.3 is 10.6 Å². The number of hydrogen-bond acceptors (Lipinski definition) is 2. The average molecular weight is 266 g/mol. The van der Waals surface area contributed by atoms with Crippen molar-refractivity contribution in [2.24, 2.45) is 0 Å². The van der Waals surface area contributed by atoms with Gasteiger partial charge in [0.1, 0.15) is 0 Å². The number of carbonyl (C=O) groups is 1. The van der Waals surface area contributed by atoms with Crippen LogP contribution in [0.1, 0.15) is 27.0 Å². The quantitative estimate of drug-likeness (QED) is 0.877. The molecule has 0 aliphatic carbocycles. The van der Waals surface area contributed by atoms with E-state index in [1.165, 1.54) is 11.1 Å². The van der Waals surface area contributed by atoms with Crippen molar-refractivity contribution in [3.63, 3.8) is 0 Å². The number of aryl methyl sites for hydroxylation is 1. The molecule has 3 rings (SSSR count). The van der Waals surface area contributed by atoms with Crippen LogP contribution in [0.15, 0.2) is 42.5 Å². The fourth-order valence-corrected chi connectivity index (χ4v) is 2.56. The highest BCUT2D eigenvalue weighted by atomic mass is 16.1. The lowest BCUT2D eigenvalue weighted by atomic mass is 9.95. The minimum atomic E-state index is -0.0330. The van der Waals surface area contributed by atoms with E-state index in [0.717, 1.165) is 36.3 Å². The fraction of sp³-hybridized carbons (Fsp3) is 0.235. The smallest absolute Gasteiger partial charge is 0.255 e. The number of anilines is 1. The molecule has 0 bridgehead atoms. The second kappa shape index (κ2) is 5.47. The maximum absolute atomic E-state index is 12.4. The standard InChI is InChI=1S/C17H18N2O/c1-12-5-7-14(8-6-12)19-17(20)15-4-2-3-13-9-10-18-11-16(13)15/h2-8,18H,9-11H2,1H3,(H,19,20). The number of hydrogen-bond donors (Lipinski definition) is 2. The zero-order chi connectivity index (χ0) is 13.9. The Hall–Kier alpha value is -2.13. The summed E-state index contributed by atoms with van der Waals surface area (Å²) in [4.78, 5) is 12.4. The number of rotatable bonds is 2. The van der Waals surface area contributed by atoms with Crippen molar-refractivity contribution in [3.8, 4) is 0 Å². The Morgan fingerprint density at radius 1 is 1.15 bits per heavy atom. The van der Waals surface area contributed by atoms with E-state index in [1.54, 1.807) is 0 Å². The largest absolute Gasteiger partial charge is 0.322 e. The van der Waals surface area contributed by atoms with Gasteiger partial charge in [0.25, 0.3) is 5.91 Å². The molecular weight excluding hydrogens is 248 g/mol. The monoisotopic (exact) mass is 266 g/mol. The molecule has 0 saturated heterocycles. The predicted molar refractivity (Wildman–Crippen MR) is 81.0 cm³/mol. The Labute approximate surface area is 119 Å². The Morgan fingerprint density at radius 3 is 2.75 bits per heavy atom. The van der Waals surface area contributed by atoms with E-state index in [1.807, 2.05) is 43.3 Å². The van der Waals surface area contributed by atoms with Crippen LogP contribution in [0.25, 0.3) is 0 Å². The highest BCUT2D eigenvalue weighted by Gasteiger charge is 2.17. The van der Waals surface area contributed by atoms with Crippen LogP contribution in [0.2, 0.25) is 0 Å². The highest BCUT2D eigenvalue weighted by molar-refractivity contribution is 6.05. The molecule has 0 saturated carbocycles. The summed E-state index contributed by atoms with van der Waals surface area (Å²) in [7, 11) is 0. The normalized spacial score (nSPS) is 13.7. The lowest BCUT2D eigenvalue weighted by Crippen LogP contribution is -2.27. The second-order valence-corrected chi connectivity index (χ2v) is 5.19. The van der Waals surface area contributed by atoms with Gasteiger partial charge in [-0.25, -0.2) is 0 Å². The van der Waals surface area contributed by atoms with Crippen LogP contribution >= 0.6 is 0 Å². The Morgan fingerprint density at radius 2 is 1.95 bits per heavy atom. The van der Waals surface area contributed by atoms with Crippen molar-refractivity contribution < 1.29 is 4.79 Å². The van der Waals surface area contributed by atoms with Gasteiger partial charge in [-0.1, -0.05) is 29.8 Å². The lowest BCUT2D eigenvalue weighted by Gasteiger charge is -2.20. The first-order valence-corrected chi connectivity index (χ1v) is 6.93. The van der Waals surface area contributed by atoms with Crippen LogP contribution in [0.3, 0.4) is 0 Å². The average Bonchev–Trinajstić information content (AvgIpc) is 2.49. The van der Waals surface area contributed by atoms with Gasteiger partial charge in [-0.3, -0.25) is 4.79 Å². The molecule has 1 aliphatic rings. The topological polar surface area (TPSA) is 41.1 Å². The van der Waals surface area contributed by atoms with Crippen LogP contribution in [-0.4, -0.2) is 12.5 Å². The Balaban J connectivity index is 1.85. The van der Waals surface area contributed by atoms with E-state index in [9.17, 15) is 4.79 Å². The van der Waals surface area contributed by atoms with Gasteiger partial charge in [-0.2, -0.15) is 0 Å². The van der Waals surface area contributed by atoms with E-state index < -0.39 is 0 Å². The summed E-state index contributed by atoms with van der Waals surface area (Å²) in [5.74, 6) is -0.0330. The molecule has 0 aromatic heterocycles. The maximum Gasteiger partial charge on any atom is 0.255 e. The van der Waals surface area contributed by atoms with Gasteiger partial charge in [-0.05, 0) is 49.2 Å². The number of carbonyl (C=O) groups excluding carboxylic acids is 1. The maximum atomic E-state index is 12.4. The second-order valence-electron chi connectivity index (χ2n) is 5.19. The van der Waals surface area contributed by atoms with Crippen molar-refractivity contribution in [2.75, 3.05) is 11.9 Å². The van der Waals surface area contributed by atoms with Gasteiger partial charge in [0, 0.05) is 17.8 Å². The van der Waals surface area contributed by atoms with Gasteiger partial charge in [-0.15, -0.1) is 0 Å². The van der Waals surface area contributed by atoms with E-state index >= 15 is 0 Å². The molecule has 2 aromatic rings. The molecule has 0 fully saturated rings. The molecule has 2 N–H and O–H groups in total. The number of fused-ring (bicyclic) bond motifs is 1. The summed E-state index contributed by atoms with van der Waals surface area (Å²) in [6, 6.07) is 13.8. The number of benzene rings is 2. The molecule has 102 valence electrons. The zero-order valence-electron chi connectivity index (χ0n) is 11.6. The van der Waals surface area contributed by atoms with Crippen LogP contribution in [0, 0.1) is 6.92 Å². The minimum absolute atomic E-state index is 0.0330. The van der Waals surface area contributed by atoms with Crippen LogP contribution in [0.5, 0.6) is 0 Å². The molecule has 1 aliphatic heterocycles. The highest BCUT2D eigenvalue weighted by Crippen LogP contribution is 2.20. The molecule has 0 radical (unpaired) electrons. The summed E-state index contributed by atoms with van der Waals surface area (Å²) >= 11 is 0. The van der Waals surface area contributed by atoms with E-state index in [-0.39, 0.29) is 5.91 Å². The van der Waals surface area contributed by atoms with Crippen LogP contribution < -0.4 is 10.6 Å². The minimum Gasteiger partial charge on any atom is -0.322 e. The molecular formula is C17H18N2O. The fourth-order valence-electron chi connectivity index (χ4n) is 2.56. The number of amides is 1. The van der Waals surface area contributed by atoms with Crippen LogP contribution in [-0.2, 0) is 13.0 Å². The molecule has 2 aromatic carbocycles. The number of nitrogens with one attached hydrogen (secondary N) is 2. The molecule has 0 atom stereocenters. The summed E-state index contributed by atoms with van der Waals surface area (Å²) in [5.41, 5.74) is 5.20. The molecule has 3 nitrogen and oxygen atoms in total. The molecule has 0 spiro atoms. The van der Waals surface area contributed by atoms with Gasteiger partial charge >= 0.3 is 0 Å². The molecule has 3 heteroatoms. The first-order valence-electron chi connectivity index (χ1n) is 6.93. The van der Waals surface area contributed by atoms with E-state index in [2.05, 4.69) is 16.7 Å². The van der Waals surface area contributed by atoms with Crippen molar-refractivity contribution >= 4 is 11.6 Å². The van der Waals surface area contributed by atoms with Crippen molar-refractivity contribution in [1.82, 2.24) is 5.32 Å². The van der Waals surface area contributed by atoms with Crippen molar-refractivity contribution in [2.45, 2.75) is 19.9 Å². The summed E-state index contributed by atoms with van der Waals surface area (Å²) < 4.78 is 0. The SMILES string of the molecule is Cc1ccc(NC(=O)c2cccc3c2CNCC3)cc1. The van der Waals surface area contributed by atoms with E-state index in [0.29, 0.717) is 0 Å². The third-order valence-corrected chi connectivity index (χ3v) is 3.70. The summed E-state index contributed by atoms with van der Waals surface area (Å²) in [6.07, 6.45) is 0.987. The van der Waals surface area contributed by atoms with Crippen molar-refractivity contribution in [1.29, 1.82) is 0 Å². The van der Waals surface area contributed by atoms with Gasteiger partial charge in [0.2, 0.25) is 0 Å². The summed E-state index contributed by atoms with van der Waals surface area (Å²) in [5, 5.41) is 6.30. The molecule has 20 heavy (non-hydrogen) atoms. The van der Waals surface area contributed by atoms with Gasteiger partial charge in [0.05, 0.1) is 0 Å². The van der Waals surface area contributed by atoms with Crippen molar-refractivity contribution in [3.05, 3.63) is 64.7 Å². The zero-order valence-corrected chi connectivity index (χ0v) is 11.6. The van der Waals surface area contributed by atoms with Gasteiger partial charge in [0.15, 0.2) is 0 Å². The third-order valence-electron chi connectivity index (χ3n) is 3.70. The lowest BCUT2D eigenvalue weighted by molar-refractivity contribution is 0.102. The Bertz CT molecular complexity index is 632. The summed E-state index contributed by atoms with van der Waals surface area (Å²) in [6.45, 7) is 3.79. The van der Waals surface area contributed by atoms with E-state index in [4.69, 9.17) is 0 Å². The molecule has 1 amide bonds. The third kappa shape index (κ3) is 2.58. The first-order chi connectivity index (χ1) is 9.74. The van der Waals surface area contributed by atoms with Crippen LogP contribution in [0.4, 0.5) is 5.69 Å². The molecule has 1 heterocycles.